The highest BCUT2D eigenvalue weighted by molar-refractivity contribution is 8.89. The molecule has 2 nitrogen and oxygen atoms in total. The smallest absolute Gasteiger partial charge is 0.313 e. The molecule has 1 unspecified atom stereocenters. The predicted molar refractivity (Wildman–Crippen MR) is 73.9 cm³/mol. The van der Waals surface area contributed by atoms with Crippen LogP contribution < -0.4 is 0 Å². The molecule has 0 N–H and O–H groups in total. The maximum absolute atomic E-state index is 12.5. The highest BCUT2D eigenvalue weighted by Gasteiger charge is 2.28. The Kier molecular flexibility index (Phi) is 8.53. The Morgan fingerprint density at radius 1 is 1.07 bits per heavy atom. The minimum absolute atomic E-state index is 0.402. The van der Waals surface area contributed by atoms with E-state index in [2.05, 4.69) is 27.7 Å². The van der Waals surface area contributed by atoms with Gasteiger partial charge in [0.2, 0.25) is 0 Å². The zero-order chi connectivity index (χ0) is 11.9. The third-order valence-corrected chi connectivity index (χ3v) is 10.4. The molecule has 0 aromatic carbocycles. The second-order valence-electron chi connectivity index (χ2n) is 3.51. The second-order valence-corrected chi connectivity index (χ2v) is 11.5. The molecule has 0 aliphatic carbocycles. The summed E-state index contributed by atoms with van der Waals surface area (Å²) in [4.78, 5) is 0. The van der Waals surface area contributed by atoms with Crippen LogP contribution in [0.3, 0.4) is 0 Å². The summed E-state index contributed by atoms with van der Waals surface area (Å²) in [5, 5.41) is 0.804. The normalized spacial score (nSPS) is 19.5. The van der Waals surface area contributed by atoms with E-state index in [1.54, 1.807) is 0 Å². The fourth-order valence-electron chi connectivity index (χ4n) is 0.834. The van der Waals surface area contributed by atoms with Crippen molar-refractivity contribution in [2.24, 2.45) is 0 Å². The van der Waals surface area contributed by atoms with Crippen molar-refractivity contribution in [2.45, 2.75) is 58.0 Å². The van der Waals surface area contributed by atoms with Gasteiger partial charge in [0, 0.05) is 10.5 Å². The second kappa shape index (κ2) is 8.05. The van der Waals surface area contributed by atoms with Crippen molar-refractivity contribution >= 4 is 28.5 Å². The molecule has 15 heavy (non-hydrogen) atoms. The Bertz CT molecular complexity index is 196. The Hall–Kier alpha value is 0.890. The van der Waals surface area contributed by atoms with Crippen LogP contribution in [0.1, 0.15) is 47.5 Å². The highest BCUT2D eigenvalue weighted by atomic mass is 33.1. The lowest BCUT2D eigenvalue weighted by atomic mass is 10.4. The maximum Gasteiger partial charge on any atom is 0.313 e. The molecule has 0 aromatic rings. The van der Waals surface area contributed by atoms with Crippen LogP contribution in [0.15, 0.2) is 0 Å². The van der Waals surface area contributed by atoms with E-state index in [9.17, 15) is 4.57 Å². The Morgan fingerprint density at radius 2 is 1.47 bits per heavy atom. The first kappa shape index (κ1) is 15.9. The molecule has 0 aromatic heterocycles. The van der Waals surface area contributed by atoms with E-state index in [1.807, 2.05) is 6.92 Å². The van der Waals surface area contributed by atoms with Gasteiger partial charge in [-0.2, -0.15) is 0 Å². The van der Waals surface area contributed by atoms with E-state index in [4.69, 9.17) is 4.52 Å². The van der Waals surface area contributed by atoms with Crippen LogP contribution in [0.4, 0.5) is 0 Å². The summed E-state index contributed by atoms with van der Waals surface area (Å²) in [6, 6.07) is 0. The topological polar surface area (TPSA) is 26.3 Å². The van der Waals surface area contributed by atoms with E-state index >= 15 is 0 Å². The third-order valence-electron chi connectivity index (χ3n) is 2.06. The molecule has 0 fully saturated rings. The van der Waals surface area contributed by atoms with Crippen molar-refractivity contribution in [1.29, 1.82) is 0 Å². The van der Waals surface area contributed by atoms with E-state index in [0.29, 0.717) is 17.1 Å². The monoisotopic (exact) mass is 270 g/mol. The molecule has 0 spiro atoms. The Balaban J connectivity index is 4.37. The van der Waals surface area contributed by atoms with Crippen LogP contribution in [-0.2, 0) is 9.09 Å². The Morgan fingerprint density at radius 3 is 1.73 bits per heavy atom. The molecule has 0 aliphatic heterocycles. The van der Waals surface area contributed by atoms with Gasteiger partial charge in [0.05, 0.1) is 6.61 Å². The molecule has 92 valence electrons. The lowest BCUT2D eigenvalue weighted by Gasteiger charge is -2.21. The summed E-state index contributed by atoms with van der Waals surface area (Å²) in [5.41, 5.74) is 0. The van der Waals surface area contributed by atoms with Gasteiger partial charge in [0.25, 0.3) is 0 Å². The van der Waals surface area contributed by atoms with Gasteiger partial charge in [0.1, 0.15) is 0 Å². The molecule has 0 saturated heterocycles. The van der Waals surface area contributed by atoms with Gasteiger partial charge in [-0.1, -0.05) is 50.5 Å². The average Bonchev–Trinajstić information content (AvgIpc) is 2.17. The molecule has 0 aliphatic rings. The van der Waals surface area contributed by atoms with Gasteiger partial charge in [-0.25, -0.2) is 0 Å². The van der Waals surface area contributed by atoms with E-state index in [0.717, 1.165) is 12.8 Å². The van der Waals surface area contributed by atoms with Gasteiger partial charge in [0.15, 0.2) is 0 Å². The molecular weight excluding hydrogens is 247 g/mol. The lowest BCUT2D eigenvalue weighted by Crippen LogP contribution is -1.98. The summed E-state index contributed by atoms with van der Waals surface area (Å²) in [5.74, 6) is -2.53. The number of hydrogen-bond acceptors (Lipinski definition) is 4. The van der Waals surface area contributed by atoms with Crippen molar-refractivity contribution in [1.82, 2.24) is 0 Å². The predicted octanol–water partition coefficient (Wildman–Crippen LogP) is 5.19. The largest absolute Gasteiger partial charge is 0.314 e. The summed E-state index contributed by atoms with van der Waals surface area (Å²) < 4.78 is 17.9. The fraction of sp³-hybridized carbons (Fsp3) is 1.00. The van der Waals surface area contributed by atoms with Crippen LogP contribution in [0.5, 0.6) is 0 Å². The quantitative estimate of drug-likeness (QED) is 0.567. The van der Waals surface area contributed by atoms with E-state index in [-0.39, 0.29) is 0 Å². The number of hydrogen-bond donors (Lipinski definition) is 0. The van der Waals surface area contributed by atoms with Gasteiger partial charge in [-0.15, -0.1) is 0 Å². The Labute approximate surface area is 102 Å². The molecule has 0 rings (SSSR count). The molecule has 0 saturated carbocycles. The lowest BCUT2D eigenvalue weighted by molar-refractivity contribution is 0.357. The first-order valence-corrected chi connectivity index (χ1v) is 10.2. The van der Waals surface area contributed by atoms with Crippen LogP contribution >= 0.6 is 28.5 Å². The molecule has 0 heterocycles. The van der Waals surface area contributed by atoms with Crippen LogP contribution in [-0.4, -0.2) is 17.1 Å². The van der Waals surface area contributed by atoms with Crippen LogP contribution in [0, 0.1) is 0 Å². The van der Waals surface area contributed by atoms with Crippen LogP contribution in [0.2, 0.25) is 0 Å². The van der Waals surface area contributed by atoms with Gasteiger partial charge < -0.3 is 4.52 Å². The van der Waals surface area contributed by atoms with Gasteiger partial charge >= 0.3 is 5.77 Å². The molecule has 0 bridgehead atoms. The zero-order valence-electron chi connectivity index (χ0n) is 10.4. The first-order valence-electron chi connectivity index (χ1n) is 5.58. The molecular formula is C10H23O2PS2. The zero-order valence-corrected chi connectivity index (χ0v) is 12.9. The fourth-order valence-corrected chi connectivity index (χ4v) is 10.3. The standard InChI is InChI=1S/C10H23O2PS2/c1-6-9(4)14-13(11,12-8-3)15-10(5)7-2/h9-10H,6-8H2,1-5H3/t9-,10+,13?. The molecule has 0 radical (unpaired) electrons. The summed E-state index contributed by atoms with van der Waals surface area (Å²) in [6.45, 7) is 10.9. The van der Waals surface area contributed by atoms with Crippen molar-refractivity contribution < 1.29 is 9.09 Å². The molecule has 3 atom stereocenters. The maximum atomic E-state index is 12.5. The number of rotatable bonds is 8. The van der Waals surface area contributed by atoms with Crippen LogP contribution in [0.25, 0.3) is 0 Å². The van der Waals surface area contributed by atoms with E-state index in [1.165, 1.54) is 22.8 Å². The minimum atomic E-state index is -2.53. The van der Waals surface area contributed by atoms with Gasteiger partial charge in [-0.3, -0.25) is 4.57 Å². The van der Waals surface area contributed by atoms with Gasteiger partial charge in [-0.05, 0) is 19.8 Å². The molecule has 0 amide bonds. The van der Waals surface area contributed by atoms with Crippen molar-refractivity contribution in [3.63, 3.8) is 0 Å². The third kappa shape index (κ3) is 6.93. The summed E-state index contributed by atoms with van der Waals surface area (Å²) in [7, 11) is 0. The van der Waals surface area contributed by atoms with Crippen molar-refractivity contribution in [3.05, 3.63) is 0 Å². The summed E-state index contributed by atoms with van der Waals surface area (Å²) >= 11 is 3.02. The minimum Gasteiger partial charge on any atom is -0.314 e. The van der Waals surface area contributed by atoms with Crippen molar-refractivity contribution in [2.75, 3.05) is 6.61 Å². The van der Waals surface area contributed by atoms with E-state index < -0.39 is 5.77 Å². The highest BCUT2D eigenvalue weighted by Crippen LogP contribution is 2.72. The SMILES string of the molecule is CCOP(=O)(S[C@H](C)CC)S[C@@H](C)CC. The molecule has 5 heteroatoms. The first-order chi connectivity index (χ1) is 6.97. The average molecular weight is 270 g/mol. The summed E-state index contributed by atoms with van der Waals surface area (Å²) in [6.07, 6.45) is 2.06. The van der Waals surface area contributed by atoms with Crippen molar-refractivity contribution in [3.8, 4) is 0 Å².